The molecule has 0 saturated carbocycles. The minimum Gasteiger partial charge on any atom is -0.490 e. The number of benzene rings is 1. The number of hydrogen-bond acceptors (Lipinski definition) is 5. The van der Waals surface area contributed by atoms with Gasteiger partial charge in [-0.25, -0.2) is 9.59 Å². The van der Waals surface area contributed by atoms with E-state index < -0.39 is 12.1 Å². The monoisotopic (exact) mass is 337 g/mol. The first-order chi connectivity index (χ1) is 11.5. The van der Waals surface area contributed by atoms with Gasteiger partial charge in [-0.1, -0.05) is 38.1 Å². The molecule has 6 heteroatoms. The summed E-state index contributed by atoms with van der Waals surface area (Å²) in [5.74, 6) is 0.239. The van der Waals surface area contributed by atoms with Crippen LogP contribution in [0.3, 0.4) is 0 Å². The summed E-state index contributed by atoms with van der Waals surface area (Å²) >= 11 is 0. The van der Waals surface area contributed by atoms with Crippen molar-refractivity contribution in [1.82, 2.24) is 5.32 Å². The second-order valence-corrected chi connectivity index (χ2v) is 4.64. The zero-order chi connectivity index (χ0) is 18.4. The molecule has 0 aliphatic heterocycles. The Morgan fingerprint density at radius 1 is 1.04 bits per heavy atom. The standard InChI is InChI=1S/C16H21NO5.C2H6/c1-12(2)15(18)21-9-8-17-16(19)22-11-10-20-14-6-4-13(3)5-7-14;1-2/h4-7H,1,8-11H2,2-3H3,(H,17,19);1-2H3. The van der Waals surface area contributed by atoms with Gasteiger partial charge in [-0.05, 0) is 26.0 Å². The van der Waals surface area contributed by atoms with E-state index in [9.17, 15) is 9.59 Å². The van der Waals surface area contributed by atoms with Gasteiger partial charge in [0.25, 0.3) is 0 Å². The number of nitrogens with one attached hydrogen (secondary N) is 1. The maximum absolute atomic E-state index is 11.3. The number of hydrogen-bond donors (Lipinski definition) is 1. The Morgan fingerprint density at radius 2 is 1.67 bits per heavy atom. The van der Waals surface area contributed by atoms with E-state index in [0.717, 1.165) is 11.3 Å². The Hall–Kier alpha value is -2.50. The third-order valence-electron chi connectivity index (χ3n) is 2.56. The lowest BCUT2D eigenvalue weighted by atomic mass is 10.2. The molecule has 6 nitrogen and oxygen atoms in total. The van der Waals surface area contributed by atoms with Crippen LogP contribution in [0.15, 0.2) is 36.4 Å². The largest absolute Gasteiger partial charge is 0.490 e. The predicted octanol–water partition coefficient (Wildman–Crippen LogP) is 3.25. The van der Waals surface area contributed by atoms with Gasteiger partial charge in [0, 0.05) is 5.57 Å². The molecule has 134 valence electrons. The quantitative estimate of drug-likeness (QED) is 0.448. The van der Waals surface area contributed by atoms with Crippen molar-refractivity contribution >= 4 is 12.1 Å². The summed E-state index contributed by atoms with van der Waals surface area (Å²) in [5.41, 5.74) is 1.46. The summed E-state index contributed by atoms with van der Waals surface area (Å²) in [6.45, 7) is 11.6. The first-order valence-corrected chi connectivity index (χ1v) is 7.92. The minimum atomic E-state index is -0.584. The molecule has 0 saturated heterocycles. The van der Waals surface area contributed by atoms with Crippen LogP contribution >= 0.6 is 0 Å². The average molecular weight is 337 g/mol. The van der Waals surface area contributed by atoms with Crippen LogP contribution in [0, 0.1) is 6.92 Å². The van der Waals surface area contributed by atoms with Gasteiger partial charge in [-0.2, -0.15) is 0 Å². The lowest BCUT2D eigenvalue weighted by molar-refractivity contribution is -0.138. The third-order valence-corrected chi connectivity index (χ3v) is 2.56. The Labute approximate surface area is 143 Å². The molecule has 0 spiro atoms. The van der Waals surface area contributed by atoms with Crippen molar-refractivity contribution in [2.75, 3.05) is 26.4 Å². The highest BCUT2D eigenvalue weighted by Gasteiger charge is 2.04. The van der Waals surface area contributed by atoms with E-state index in [1.165, 1.54) is 0 Å². The van der Waals surface area contributed by atoms with Crippen molar-refractivity contribution in [3.63, 3.8) is 0 Å². The molecule has 0 radical (unpaired) electrons. The summed E-state index contributed by atoms with van der Waals surface area (Å²) in [6, 6.07) is 7.58. The summed E-state index contributed by atoms with van der Waals surface area (Å²) in [6.07, 6.45) is -0.584. The van der Waals surface area contributed by atoms with Gasteiger partial charge < -0.3 is 19.5 Å². The molecule has 1 amide bonds. The smallest absolute Gasteiger partial charge is 0.407 e. The SMILES string of the molecule is C=C(C)C(=O)OCCNC(=O)OCCOc1ccc(C)cc1.CC. The minimum absolute atomic E-state index is 0.0701. The van der Waals surface area contributed by atoms with Gasteiger partial charge in [0.15, 0.2) is 0 Å². The fourth-order valence-electron chi connectivity index (χ4n) is 1.40. The summed E-state index contributed by atoms with van der Waals surface area (Å²) in [4.78, 5) is 22.4. The van der Waals surface area contributed by atoms with Crippen LogP contribution in [0.2, 0.25) is 0 Å². The molecule has 0 bridgehead atoms. The Balaban J connectivity index is 0.00000254. The molecule has 24 heavy (non-hydrogen) atoms. The topological polar surface area (TPSA) is 73.9 Å². The average Bonchev–Trinajstić information content (AvgIpc) is 2.58. The fourth-order valence-corrected chi connectivity index (χ4v) is 1.40. The molecule has 1 aromatic carbocycles. The number of ether oxygens (including phenoxy) is 3. The van der Waals surface area contributed by atoms with Crippen LogP contribution in [0.5, 0.6) is 5.75 Å². The van der Waals surface area contributed by atoms with Crippen molar-refractivity contribution in [2.45, 2.75) is 27.7 Å². The number of carbonyl (C=O) groups excluding carboxylic acids is 2. The molecule has 0 aromatic heterocycles. The van der Waals surface area contributed by atoms with Crippen molar-refractivity contribution in [3.05, 3.63) is 42.0 Å². The molecule has 0 heterocycles. The third kappa shape index (κ3) is 10.3. The van der Waals surface area contributed by atoms with E-state index >= 15 is 0 Å². The number of alkyl carbamates (subject to hydrolysis) is 1. The summed E-state index contributed by atoms with van der Waals surface area (Å²) < 4.78 is 15.1. The van der Waals surface area contributed by atoms with Gasteiger partial charge in [0.1, 0.15) is 25.6 Å². The zero-order valence-corrected chi connectivity index (χ0v) is 14.9. The first-order valence-electron chi connectivity index (χ1n) is 7.92. The van der Waals surface area contributed by atoms with Crippen LogP contribution < -0.4 is 10.1 Å². The van der Waals surface area contributed by atoms with E-state index in [1.54, 1.807) is 6.92 Å². The Bertz CT molecular complexity index is 511. The van der Waals surface area contributed by atoms with E-state index in [1.807, 2.05) is 45.0 Å². The normalized spacial score (nSPS) is 9.17. The van der Waals surface area contributed by atoms with Crippen LogP contribution in [0.4, 0.5) is 4.79 Å². The van der Waals surface area contributed by atoms with E-state index in [2.05, 4.69) is 11.9 Å². The van der Waals surface area contributed by atoms with Gasteiger partial charge in [-0.15, -0.1) is 0 Å². The highest BCUT2D eigenvalue weighted by molar-refractivity contribution is 5.86. The molecule has 0 atom stereocenters. The van der Waals surface area contributed by atoms with E-state index in [4.69, 9.17) is 14.2 Å². The number of aryl methyl sites for hydroxylation is 1. The first kappa shape index (κ1) is 21.5. The van der Waals surface area contributed by atoms with Crippen LogP contribution in [0.25, 0.3) is 0 Å². The fraction of sp³-hybridized carbons (Fsp3) is 0.444. The number of rotatable bonds is 8. The van der Waals surface area contributed by atoms with Gasteiger partial charge in [0.2, 0.25) is 0 Å². The number of esters is 1. The van der Waals surface area contributed by atoms with Crippen molar-refractivity contribution in [2.24, 2.45) is 0 Å². The zero-order valence-electron chi connectivity index (χ0n) is 14.9. The molecule has 1 aromatic rings. The number of amides is 1. The van der Waals surface area contributed by atoms with Crippen LogP contribution in [0.1, 0.15) is 26.3 Å². The van der Waals surface area contributed by atoms with Gasteiger partial charge in [0.05, 0.1) is 6.54 Å². The lowest BCUT2D eigenvalue weighted by Crippen LogP contribution is -2.29. The molecular weight excluding hydrogens is 310 g/mol. The van der Waals surface area contributed by atoms with E-state index in [-0.39, 0.29) is 26.4 Å². The highest BCUT2D eigenvalue weighted by Crippen LogP contribution is 2.10. The highest BCUT2D eigenvalue weighted by atomic mass is 16.6. The molecule has 1 N–H and O–H groups in total. The second kappa shape index (κ2) is 13.0. The molecule has 0 fully saturated rings. The lowest BCUT2D eigenvalue weighted by Gasteiger charge is -2.09. The molecule has 1 rings (SSSR count). The number of carbonyl (C=O) groups is 2. The van der Waals surface area contributed by atoms with Crippen LogP contribution in [-0.4, -0.2) is 38.4 Å². The maximum atomic E-state index is 11.3. The maximum Gasteiger partial charge on any atom is 0.407 e. The second-order valence-electron chi connectivity index (χ2n) is 4.64. The summed E-state index contributed by atoms with van der Waals surface area (Å²) in [7, 11) is 0. The van der Waals surface area contributed by atoms with Crippen molar-refractivity contribution in [3.8, 4) is 5.75 Å². The predicted molar refractivity (Wildman–Crippen MR) is 93.1 cm³/mol. The Kier molecular flexibility index (Phi) is 11.6. The van der Waals surface area contributed by atoms with E-state index in [0.29, 0.717) is 5.57 Å². The summed E-state index contributed by atoms with van der Waals surface area (Å²) in [5, 5.41) is 2.46. The molecule has 0 aliphatic carbocycles. The van der Waals surface area contributed by atoms with Gasteiger partial charge >= 0.3 is 12.1 Å². The van der Waals surface area contributed by atoms with Gasteiger partial charge in [-0.3, -0.25) is 0 Å². The van der Waals surface area contributed by atoms with Crippen molar-refractivity contribution < 1.29 is 23.8 Å². The Morgan fingerprint density at radius 3 is 2.25 bits per heavy atom. The van der Waals surface area contributed by atoms with Crippen molar-refractivity contribution in [1.29, 1.82) is 0 Å². The molecule has 0 unspecified atom stereocenters. The van der Waals surface area contributed by atoms with Crippen LogP contribution in [-0.2, 0) is 14.3 Å². The molecule has 0 aliphatic rings. The molecular formula is C18H27NO5.